The van der Waals surface area contributed by atoms with Crippen LogP contribution in [-0.2, 0) is 28.5 Å². The largest absolute Gasteiger partial charge is 0.458 e. The fraction of sp³-hybridized carbons (Fsp3) is 0.842. The number of thioether (sulfide) groups is 2. The fourth-order valence-corrected chi connectivity index (χ4v) is 4.23. The molecule has 0 radical (unpaired) electrons. The molecule has 3 saturated heterocycles. The second-order valence-electron chi connectivity index (χ2n) is 6.61. The predicted octanol–water partition coefficient (Wildman–Crippen LogP) is 3.02. The molecule has 3 fully saturated rings. The van der Waals surface area contributed by atoms with Crippen LogP contribution in [0.1, 0.15) is 39.5 Å². The van der Waals surface area contributed by atoms with Crippen LogP contribution in [-0.4, -0.2) is 67.2 Å². The molecule has 0 aromatic rings. The molecule has 3 aliphatic heterocycles. The van der Waals surface area contributed by atoms with E-state index in [1.54, 1.807) is 23.5 Å². The van der Waals surface area contributed by atoms with Gasteiger partial charge < -0.3 is 18.9 Å². The van der Waals surface area contributed by atoms with E-state index in [-0.39, 0.29) is 12.0 Å². The molecule has 9 heteroatoms. The molecule has 2 bridgehead atoms. The standard InChI is InChI=1S/C17H25NO6S.C2H6S/c1-11(19)22-15-13-6-3-4-8-21-17(16(15)23-12(2)20)24-14(13)10-25-9-5-7-18;1-3-2/h13-17H,3-6,8-10H2,1-2H3;1-2H3. The summed E-state index contributed by atoms with van der Waals surface area (Å²) in [6.07, 6.45) is 4.90. The van der Waals surface area contributed by atoms with E-state index in [4.69, 9.17) is 24.2 Å². The maximum atomic E-state index is 11.6. The van der Waals surface area contributed by atoms with Crippen molar-refractivity contribution in [1.29, 1.82) is 5.26 Å². The third-order valence-electron chi connectivity index (χ3n) is 4.26. The highest BCUT2D eigenvalue weighted by molar-refractivity contribution is 7.99. The van der Waals surface area contributed by atoms with Crippen LogP contribution in [0.2, 0.25) is 0 Å². The predicted molar refractivity (Wildman–Crippen MR) is 110 cm³/mol. The summed E-state index contributed by atoms with van der Waals surface area (Å²) in [7, 11) is 0. The van der Waals surface area contributed by atoms with Gasteiger partial charge in [-0.15, -0.1) is 0 Å². The second kappa shape index (κ2) is 14.1. The van der Waals surface area contributed by atoms with E-state index in [2.05, 4.69) is 6.07 Å². The fourth-order valence-electron chi connectivity index (χ4n) is 3.27. The van der Waals surface area contributed by atoms with Crippen LogP contribution < -0.4 is 0 Å². The molecule has 0 saturated carbocycles. The Morgan fingerprint density at radius 2 is 1.79 bits per heavy atom. The summed E-state index contributed by atoms with van der Waals surface area (Å²) >= 11 is 3.38. The van der Waals surface area contributed by atoms with Crippen molar-refractivity contribution in [2.75, 3.05) is 30.6 Å². The third-order valence-corrected chi connectivity index (χ3v) is 5.32. The van der Waals surface area contributed by atoms with Gasteiger partial charge in [0.15, 0.2) is 12.4 Å². The van der Waals surface area contributed by atoms with Crippen molar-refractivity contribution < 1.29 is 28.5 Å². The zero-order chi connectivity index (χ0) is 20.9. The second-order valence-corrected chi connectivity index (χ2v) is 8.58. The molecular weight excluding hydrogens is 402 g/mol. The minimum atomic E-state index is -0.759. The average Bonchev–Trinajstić information content (AvgIpc) is 2.76. The van der Waals surface area contributed by atoms with Gasteiger partial charge in [0.05, 0.1) is 12.2 Å². The SMILES string of the molecule is CC(=O)OC1C2OCCCCC(C(CSCCC#N)O2)C1OC(C)=O.CSC. The van der Waals surface area contributed by atoms with E-state index < -0.39 is 30.4 Å². The number of ether oxygens (including phenoxy) is 4. The highest BCUT2D eigenvalue weighted by Gasteiger charge is 2.50. The van der Waals surface area contributed by atoms with Crippen molar-refractivity contribution in [3.63, 3.8) is 0 Å². The molecule has 0 aliphatic carbocycles. The van der Waals surface area contributed by atoms with Gasteiger partial charge in [-0.1, -0.05) is 6.42 Å². The van der Waals surface area contributed by atoms with Crippen LogP contribution in [0, 0.1) is 17.2 Å². The van der Waals surface area contributed by atoms with Crippen molar-refractivity contribution >= 4 is 35.5 Å². The van der Waals surface area contributed by atoms with Crippen molar-refractivity contribution in [2.24, 2.45) is 5.92 Å². The van der Waals surface area contributed by atoms with Gasteiger partial charge in [0, 0.05) is 44.3 Å². The van der Waals surface area contributed by atoms with Crippen LogP contribution in [0.4, 0.5) is 0 Å². The summed E-state index contributed by atoms with van der Waals surface area (Å²) in [6.45, 7) is 3.18. The molecule has 0 aromatic heterocycles. The van der Waals surface area contributed by atoms with Gasteiger partial charge in [-0.25, -0.2) is 0 Å². The third kappa shape index (κ3) is 8.60. The molecule has 3 rings (SSSR count). The topological polar surface area (TPSA) is 94.8 Å². The van der Waals surface area contributed by atoms with Crippen LogP contribution in [0.3, 0.4) is 0 Å². The van der Waals surface area contributed by atoms with Crippen molar-refractivity contribution in [2.45, 2.75) is 64.1 Å². The lowest BCUT2D eigenvalue weighted by Crippen LogP contribution is -2.58. The van der Waals surface area contributed by atoms with Crippen LogP contribution in [0.5, 0.6) is 0 Å². The number of nitrogens with zero attached hydrogens (tertiary/aromatic N) is 1. The Morgan fingerprint density at radius 1 is 1.14 bits per heavy atom. The number of esters is 2. The number of nitriles is 1. The Kier molecular flexibility index (Phi) is 12.6. The Balaban J connectivity index is 0.00000122. The monoisotopic (exact) mass is 433 g/mol. The summed E-state index contributed by atoms with van der Waals surface area (Å²) in [5.74, 6) is 0.458. The number of carbonyl (C=O) groups is 2. The first-order chi connectivity index (χ1) is 13.4. The lowest BCUT2D eigenvalue weighted by atomic mass is 9.85. The zero-order valence-electron chi connectivity index (χ0n) is 17.0. The molecule has 0 aromatic carbocycles. The Bertz CT molecular complexity index is 527. The van der Waals surface area contributed by atoms with Gasteiger partial charge in [-0.05, 0) is 25.4 Å². The zero-order valence-corrected chi connectivity index (χ0v) is 18.7. The Hall–Kier alpha value is -0.950. The van der Waals surface area contributed by atoms with Gasteiger partial charge >= 0.3 is 11.9 Å². The average molecular weight is 434 g/mol. The first-order valence-corrected chi connectivity index (χ1v) is 12.2. The van der Waals surface area contributed by atoms with Gasteiger partial charge in [0.1, 0.15) is 6.10 Å². The number of carbonyl (C=O) groups excluding carboxylic acids is 2. The lowest BCUT2D eigenvalue weighted by Gasteiger charge is -2.44. The van der Waals surface area contributed by atoms with Crippen LogP contribution >= 0.6 is 23.5 Å². The van der Waals surface area contributed by atoms with Gasteiger partial charge in [-0.2, -0.15) is 28.8 Å². The van der Waals surface area contributed by atoms with E-state index in [1.165, 1.54) is 13.8 Å². The molecule has 0 amide bonds. The van der Waals surface area contributed by atoms with Crippen molar-refractivity contribution in [3.8, 4) is 6.07 Å². The van der Waals surface area contributed by atoms with E-state index >= 15 is 0 Å². The van der Waals surface area contributed by atoms with E-state index in [9.17, 15) is 9.59 Å². The highest BCUT2D eigenvalue weighted by atomic mass is 32.2. The molecule has 5 atom stereocenters. The normalized spacial score (nSPS) is 29.2. The summed E-state index contributed by atoms with van der Waals surface area (Å²) in [5.41, 5.74) is 0. The molecule has 7 nitrogen and oxygen atoms in total. The number of hydrogen-bond acceptors (Lipinski definition) is 9. The van der Waals surface area contributed by atoms with E-state index in [1.807, 2.05) is 12.5 Å². The molecule has 160 valence electrons. The van der Waals surface area contributed by atoms with Crippen molar-refractivity contribution in [3.05, 3.63) is 0 Å². The number of rotatable bonds is 6. The Labute approximate surface area is 176 Å². The van der Waals surface area contributed by atoms with Crippen LogP contribution in [0.25, 0.3) is 0 Å². The summed E-state index contributed by atoms with van der Waals surface area (Å²) in [6, 6.07) is 2.12. The van der Waals surface area contributed by atoms with Crippen LogP contribution in [0.15, 0.2) is 0 Å². The molecule has 5 unspecified atom stereocenters. The number of fused-ring (bicyclic) bond motifs is 6. The molecule has 3 heterocycles. The maximum absolute atomic E-state index is 11.6. The van der Waals surface area contributed by atoms with E-state index in [0.29, 0.717) is 18.8 Å². The molecule has 3 aliphatic rings. The molecular formula is C19H31NO6S2. The Morgan fingerprint density at radius 3 is 2.39 bits per heavy atom. The summed E-state index contributed by atoms with van der Waals surface area (Å²) in [5, 5.41) is 8.67. The first-order valence-electron chi connectivity index (χ1n) is 9.40. The van der Waals surface area contributed by atoms with E-state index in [0.717, 1.165) is 25.0 Å². The molecule has 0 spiro atoms. The van der Waals surface area contributed by atoms with Gasteiger partial charge in [0.2, 0.25) is 0 Å². The number of hydrogen-bond donors (Lipinski definition) is 0. The minimum absolute atomic E-state index is 0.0687. The smallest absolute Gasteiger partial charge is 0.303 e. The quantitative estimate of drug-likeness (QED) is 0.462. The molecule has 0 N–H and O–H groups in total. The maximum Gasteiger partial charge on any atom is 0.303 e. The summed E-state index contributed by atoms with van der Waals surface area (Å²) in [4.78, 5) is 23.1. The minimum Gasteiger partial charge on any atom is -0.458 e. The molecule has 28 heavy (non-hydrogen) atoms. The van der Waals surface area contributed by atoms with Gasteiger partial charge in [-0.3, -0.25) is 9.59 Å². The first kappa shape index (κ1) is 25.1. The highest BCUT2D eigenvalue weighted by Crippen LogP contribution is 2.37. The lowest BCUT2D eigenvalue weighted by molar-refractivity contribution is -0.285. The van der Waals surface area contributed by atoms with Crippen molar-refractivity contribution in [1.82, 2.24) is 0 Å². The van der Waals surface area contributed by atoms with Gasteiger partial charge in [0.25, 0.3) is 0 Å². The summed E-state index contributed by atoms with van der Waals surface area (Å²) < 4.78 is 22.8.